The lowest BCUT2D eigenvalue weighted by Gasteiger charge is -2.14. The van der Waals surface area contributed by atoms with Crippen molar-refractivity contribution in [2.75, 3.05) is 11.6 Å². The highest BCUT2D eigenvalue weighted by Crippen LogP contribution is 2.25. The van der Waals surface area contributed by atoms with Crippen molar-refractivity contribution in [3.05, 3.63) is 29.3 Å². The number of rotatable bonds is 1. The second-order valence-electron chi connectivity index (χ2n) is 2.42. The van der Waals surface area contributed by atoms with Gasteiger partial charge in [-0.15, -0.1) is 11.3 Å². The molecule has 0 bridgehead atoms. The monoisotopic (exact) mass is 167 g/mol. The normalized spacial score (nSPS) is 16.5. The standard InChI is InChI=1S/C8H9NOS/c1-7-4-5-9(10-7)8-3-2-6-11-8/h2-4,6H,5H2,1H3. The van der Waals surface area contributed by atoms with Gasteiger partial charge in [0.2, 0.25) is 0 Å². The molecule has 0 spiro atoms. The van der Waals surface area contributed by atoms with E-state index in [4.69, 9.17) is 4.84 Å². The third kappa shape index (κ3) is 1.24. The molecule has 0 fully saturated rings. The molecule has 0 atom stereocenters. The van der Waals surface area contributed by atoms with Crippen molar-refractivity contribution in [1.82, 2.24) is 0 Å². The average molecular weight is 167 g/mol. The van der Waals surface area contributed by atoms with Crippen molar-refractivity contribution >= 4 is 16.3 Å². The van der Waals surface area contributed by atoms with Crippen molar-refractivity contribution < 1.29 is 4.84 Å². The first kappa shape index (κ1) is 6.73. The van der Waals surface area contributed by atoms with E-state index in [9.17, 15) is 0 Å². The summed E-state index contributed by atoms with van der Waals surface area (Å²) in [7, 11) is 0. The molecule has 58 valence electrons. The lowest BCUT2D eigenvalue weighted by molar-refractivity contribution is 0.216. The summed E-state index contributed by atoms with van der Waals surface area (Å²) in [6.07, 6.45) is 2.07. The van der Waals surface area contributed by atoms with E-state index in [-0.39, 0.29) is 0 Å². The van der Waals surface area contributed by atoms with Gasteiger partial charge in [-0.2, -0.15) is 5.06 Å². The Labute approximate surface area is 69.7 Å². The molecule has 3 heteroatoms. The van der Waals surface area contributed by atoms with E-state index in [1.807, 2.05) is 23.4 Å². The fourth-order valence-electron chi connectivity index (χ4n) is 1.01. The van der Waals surface area contributed by atoms with Crippen molar-refractivity contribution in [3.8, 4) is 0 Å². The second kappa shape index (κ2) is 2.58. The van der Waals surface area contributed by atoms with Crippen LogP contribution in [0.1, 0.15) is 6.92 Å². The minimum atomic E-state index is 0.867. The number of hydrogen-bond donors (Lipinski definition) is 0. The van der Waals surface area contributed by atoms with Gasteiger partial charge >= 0.3 is 0 Å². The SMILES string of the molecule is CC1=CCN(c2cccs2)O1. The van der Waals surface area contributed by atoms with Gasteiger partial charge in [0.15, 0.2) is 0 Å². The van der Waals surface area contributed by atoms with Crippen molar-refractivity contribution in [1.29, 1.82) is 0 Å². The predicted octanol–water partition coefficient (Wildman–Crippen LogP) is 2.40. The summed E-state index contributed by atoms with van der Waals surface area (Å²) in [5, 5.41) is 5.10. The summed E-state index contributed by atoms with van der Waals surface area (Å²) in [5.74, 6) is 0.985. The molecule has 0 unspecified atom stereocenters. The van der Waals surface area contributed by atoms with Gasteiger partial charge in [-0.1, -0.05) is 0 Å². The summed E-state index contributed by atoms with van der Waals surface area (Å²) >= 11 is 1.69. The molecular weight excluding hydrogens is 158 g/mol. The van der Waals surface area contributed by atoms with E-state index >= 15 is 0 Å². The number of anilines is 1. The minimum absolute atomic E-state index is 0.867. The van der Waals surface area contributed by atoms with Crippen LogP contribution in [0.5, 0.6) is 0 Å². The molecule has 0 saturated carbocycles. The van der Waals surface area contributed by atoms with E-state index in [2.05, 4.69) is 12.1 Å². The zero-order valence-electron chi connectivity index (χ0n) is 6.28. The van der Waals surface area contributed by atoms with Gasteiger partial charge in [0.25, 0.3) is 0 Å². The Bertz CT molecular complexity index is 266. The molecule has 1 aliphatic rings. The maximum Gasteiger partial charge on any atom is 0.128 e. The Morgan fingerprint density at radius 1 is 1.64 bits per heavy atom. The molecule has 1 aromatic rings. The van der Waals surface area contributed by atoms with Crippen molar-refractivity contribution in [2.45, 2.75) is 6.92 Å². The third-order valence-corrected chi connectivity index (χ3v) is 2.43. The zero-order chi connectivity index (χ0) is 7.68. The molecule has 11 heavy (non-hydrogen) atoms. The Balaban J connectivity index is 2.11. The van der Waals surface area contributed by atoms with E-state index in [0.29, 0.717) is 0 Å². The number of hydrogen-bond acceptors (Lipinski definition) is 3. The summed E-state index contributed by atoms with van der Waals surface area (Å²) in [5.41, 5.74) is 0. The van der Waals surface area contributed by atoms with Crippen LogP contribution >= 0.6 is 11.3 Å². The van der Waals surface area contributed by atoms with Gasteiger partial charge in [0, 0.05) is 0 Å². The molecule has 0 radical (unpaired) electrons. The second-order valence-corrected chi connectivity index (χ2v) is 3.34. The summed E-state index contributed by atoms with van der Waals surface area (Å²) < 4.78 is 0. The molecule has 2 heterocycles. The molecule has 1 aliphatic heterocycles. The number of thiophene rings is 1. The van der Waals surface area contributed by atoms with Crippen LogP contribution in [-0.4, -0.2) is 6.54 Å². The average Bonchev–Trinajstić information content (AvgIpc) is 2.55. The first-order chi connectivity index (χ1) is 5.36. The first-order valence-electron chi connectivity index (χ1n) is 3.52. The maximum atomic E-state index is 5.41. The maximum absolute atomic E-state index is 5.41. The van der Waals surface area contributed by atoms with Crippen LogP contribution in [-0.2, 0) is 4.84 Å². The molecule has 0 aliphatic carbocycles. The van der Waals surface area contributed by atoms with Crippen LogP contribution in [0.4, 0.5) is 5.00 Å². The lowest BCUT2D eigenvalue weighted by Crippen LogP contribution is -2.15. The van der Waals surface area contributed by atoms with Gasteiger partial charge in [-0.05, 0) is 30.5 Å². The van der Waals surface area contributed by atoms with Gasteiger partial charge in [0.1, 0.15) is 10.8 Å². The number of allylic oxidation sites excluding steroid dienone is 1. The van der Waals surface area contributed by atoms with Gasteiger partial charge in [-0.25, -0.2) is 0 Å². The van der Waals surface area contributed by atoms with Crippen LogP contribution < -0.4 is 5.06 Å². The Morgan fingerprint density at radius 3 is 3.09 bits per heavy atom. The van der Waals surface area contributed by atoms with Crippen molar-refractivity contribution in [2.24, 2.45) is 0 Å². The van der Waals surface area contributed by atoms with Crippen molar-refractivity contribution in [3.63, 3.8) is 0 Å². The van der Waals surface area contributed by atoms with Gasteiger partial charge in [-0.3, -0.25) is 0 Å². The summed E-state index contributed by atoms with van der Waals surface area (Å²) in [4.78, 5) is 5.41. The van der Waals surface area contributed by atoms with E-state index in [1.165, 1.54) is 0 Å². The molecule has 0 amide bonds. The molecule has 0 saturated heterocycles. The zero-order valence-corrected chi connectivity index (χ0v) is 7.10. The lowest BCUT2D eigenvalue weighted by atomic mass is 10.5. The van der Waals surface area contributed by atoms with E-state index < -0.39 is 0 Å². The molecule has 2 rings (SSSR count). The fraction of sp³-hybridized carbons (Fsp3) is 0.250. The van der Waals surface area contributed by atoms with Crippen LogP contribution in [0.3, 0.4) is 0 Å². The fourth-order valence-corrected chi connectivity index (χ4v) is 1.69. The highest BCUT2D eigenvalue weighted by molar-refractivity contribution is 7.14. The smallest absolute Gasteiger partial charge is 0.128 e. The summed E-state index contributed by atoms with van der Waals surface area (Å²) in [6.45, 7) is 2.83. The van der Waals surface area contributed by atoms with Crippen LogP contribution in [0, 0.1) is 0 Å². The first-order valence-corrected chi connectivity index (χ1v) is 4.40. The van der Waals surface area contributed by atoms with Crippen LogP contribution in [0.25, 0.3) is 0 Å². The molecule has 2 nitrogen and oxygen atoms in total. The van der Waals surface area contributed by atoms with Gasteiger partial charge < -0.3 is 4.84 Å². The molecule has 0 N–H and O–H groups in total. The highest BCUT2D eigenvalue weighted by Gasteiger charge is 2.13. The minimum Gasteiger partial charge on any atom is -0.384 e. The van der Waals surface area contributed by atoms with Crippen LogP contribution in [0.15, 0.2) is 29.3 Å². The topological polar surface area (TPSA) is 12.5 Å². The molecule has 0 aromatic carbocycles. The van der Waals surface area contributed by atoms with E-state index in [1.54, 1.807) is 11.3 Å². The van der Waals surface area contributed by atoms with Gasteiger partial charge in [0.05, 0.1) is 6.54 Å². The Kier molecular flexibility index (Phi) is 1.58. The number of nitrogens with zero attached hydrogens (tertiary/aromatic N) is 1. The summed E-state index contributed by atoms with van der Waals surface area (Å²) in [6, 6.07) is 4.08. The van der Waals surface area contributed by atoms with E-state index in [0.717, 1.165) is 17.3 Å². The third-order valence-electron chi connectivity index (χ3n) is 1.55. The highest BCUT2D eigenvalue weighted by atomic mass is 32.1. The predicted molar refractivity (Wildman–Crippen MR) is 46.5 cm³/mol. The van der Waals surface area contributed by atoms with Crippen LogP contribution in [0.2, 0.25) is 0 Å². The Hall–Kier alpha value is -0.960. The molecular formula is C8H9NOS. The number of hydroxylamine groups is 1. The quantitative estimate of drug-likeness (QED) is 0.636. The Morgan fingerprint density at radius 2 is 2.55 bits per heavy atom. The molecule has 1 aromatic heterocycles. The largest absolute Gasteiger partial charge is 0.384 e.